The minimum absolute atomic E-state index is 0.183. The maximum atomic E-state index is 14.3. The lowest BCUT2D eigenvalue weighted by molar-refractivity contribution is -0.146. The first-order chi connectivity index (χ1) is 9.97. The van der Waals surface area contributed by atoms with Crippen molar-refractivity contribution in [2.24, 2.45) is 11.3 Å². The van der Waals surface area contributed by atoms with Gasteiger partial charge in [-0.1, -0.05) is 30.3 Å². The third-order valence-corrected chi connectivity index (χ3v) is 4.94. The van der Waals surface area contributed by atoms with Gasteiger partial charge in [-0.15, -0.1) is 0 Å². The highest BCUT2D eigenvalue weighted by molar-refractivity contribution is 5.87. The minimum atomic E-state index is -1.70. The Labute approximate surface area is 122 Å². The summed E-state index contributed by atoms with van der Waals surface area (Å²) in [5.41, 5.74) is -0.0980. The number of carboxylic acid groups (broad SMARTS) is 1. The third-order valence-electron chi connectivity index (χ3n) is 4.94. The molecule has 112 valence electrons. The Morgan fingerprint density at radius 1 is 1.38 bits per heavy atom. The van der Waals surface area contributed by atoms with E-state index in [4.69, 9.17) is 0 Å². The number of aliphatic carboxylic acids is 1. The highest BCUT2D eigenvalue weighted by Crippen LogP contribution is 2.56. The first-order valence-corrected chi connectivity index (χ1v) is 7.20. The summed E-state index contributed by atoms with van der Waals surface area (Å²) >= 11 is 0. The number of halogens is 1. The molecular formula is C16H18FNO3. The molecule has 4 nitrogen and oxygen atoms in total. The second-order valence-electron chi connectivity index (χ2n) is 6.05. The van der Waals surface area contributed by atoms with Crippen LogP contribution in [-0.2, 0) is 9.59 Å². The molecule has 3 rings (SSSR count). The van der Waals surface area contributed by atoms with Crippen LogP contribution in [0.3, 0.4) is 0 Å². The summed E-state index contributed by atoms with van der Waals surface area (Å²) in [5, 5.41) is 9.31. The normalized spacial score (nSPS) is 28.5. The summed E-state index contributed by atoms with van der Waals surface area (Å²) in [6.45, 7) is 2.03. The average molecular weight is 291 g/mol. The van der Waals surface area contributed by atoms with Crippen LogP contribution >= 0.6 is 0 Å². The van der Waals surface area contributed by atoms with Gasteiger partial charge in [-0.25, -0.2) is 4.39 Å². The molecule has 1 saturated heterocycles. The van der Waals surface area contributed by atoms with Crippen molar-refractivity contribution in [2.45, 2.75) is 32.0 Å². The molecule has 0 bridgehead atoms. The lowest BCUT2D eigenvalue weighted by Crippen LogP contribution is -2.32. The van der Waals surface area contributed by atoms with Crippen molar-refractivity contribution in [1.82, 2.24) is 4.90 Å². The van der Waals surface area contributed by atoms with Gasteiger partial charge >= 0.3 is 5.97 Å². The zero-order valence-electron chi connectivity index (χ0n) is 11.8. The number of likely N-dealkylation sites (tertiary alicyclic amines) is 1. The van der Waals surface area contributed by atoms with Crippen LogP contribution in [0.5, 0.6) is 0 Å². The predicted molar refractivity (Wildman–Crippen MR) is 74.3 cm³/mol. The quantitative estimate of drug-likeness (QED) is 0.926. The van der Waals surface area contributed by atoms with Crippen LogP contribution in [0.1, 0.15) is 31.4 Å². The number of hydrogen-bond donors (Lipinski definition) is 1. The zero-order valence-corrected chi connectivity index (χ0v) is 11.8. The van der Waals surface area contributed by atoms with Crippen molar-refractivity contribution in [3.8, 4) is 0 Å². The number of benzene rings is 1. The number of amides is 1. The van der Waals surface area contributed by atoms with Crippen molar-refractivity contribution >= 4 is 11.9 Å². The van der Waals surface area contributed by atoms with Crippen molar-refractivity contribution in [3.63, 3.8) is 0 Å². The molecule has 1 N–H and O–H groups in total. The molecule has 1 aliphatic carbocycles. The first kappa shape index (κ1) is 14.0. The van der Waals surface area contributed by atoms with Gasteiger partial charge in [0.15, 0.2) is 6.17 Å². The van der Waals surface area contributed by atoms with Crippen LogP contribution in [0.25, 0.3) is 0 Å². The lowest BCUT2D eigenvalue weighted by Gasteiger charge is -2.25. The van der Waals surface area contributed by atoms with E-state index in [-0.39, 0.29) is 12.6 Å². The van der Waals surface area contributed by atoms with Gasteiger partial charge in [-0.3, -0.25) is 9.59 Å². The number of alkyl halides is 1. The summed E-state index contributed by atoms with van der Waals surface area (Å²) in [7, 11) is 0. The molecular weight excluding hydrogens is 273 g/mol. The van der Waals surface area contributed by atoms with Crippen LogP contribution in [0.15, 0.2) is 30.3 Å². The van der Waals surface area contributed by atoms with Crippen LogP contribution in [0, 0.1) is 11.3 Å². The number of hydrogen-bond acceptors (Lipinski definition) is 2. The molecule has 1 heterocycles. The summed E-state index contributed by atoms with van der Waals surface area (Å²) in [5.74, 6) is -2.28. The molecule has 1 aromatic carbocycles. The van der Waals surface area contributed by atoms with E-state index in [1.165, 1.54) is 4.90 Å². The number of rotatable bonds is 4. The molecule has 2 fully saturated rings. The van der Waals surface area contributed by atoms with Crippen molar-refractivity contribution in [1.29, 1.82) is 0 Å². The Hall–Kier alpha value is -1.91. The standard InChI is InChI=1S/C16H18FNO3/c1-10(11-5-3-2-4-6-11)18-9-12(13(17)14(18)19)16(7-8-16)15(20)21/h2-6,10,12-13H,7-9H2,1H3,(H,20,21)/t10-,12?,13?/m0/s1. The molecule has 21 heavy (non-hydrogen) atoms. The van der Waals surface area contributed by atoms with Gasteiger partial charge in [0.25, 0.3) is 5.91 Å². The Morgan fingerprint density at radius 3 is 2.52 bits per heavy atom. The average Bonchev–Trinajstić information content (AvgIpc) is 3.24. The van der Waals surface area contributed by atoms with Gasteiger partial charge in [0.2, 0.25) is 0 Å². The summed E-state index contributed by atoms with van der Waals surface area (Å²) in [4.78, 5) is 25.0. The molecule has 1 amide bonds. The number of carboxylic acids is 1. The third kappa shape index (κ3) is 2.11. The van der Waals surface area contributed by atoms with E-state index in [1.54, 1.807) is 0 Å². The molecule has 3 atom stereocenters. The highest BCUT2D eigenvalue weighted by Gasteiger charge is 2.63. The van der Waals surface area contributed by atoms with E-state index in [0.29, 0.717) is 12.8 Å². The topological polar surface area (TPSA) is 57.6 Å². The zero-order chi connectivity index (χ0) is 15.2. The van der Waals surface area contributed by atoms with Crippen LogP contribution < -0.4 is 0 Å². The Morgan fingerprint density at radius 2 is 2.00 bits per heavy atom. The van der Waals surface area contributed by atoms with E-state index < -0.39 is 29.4 Å². The second-order valence-corrected chi connectivity index (χ2v) is 6.05. The summed E-state index contributed by atoms with van der Waals surface area (Å²) in [6.07, 6.45) is -0.766. The van der Waals surface area contributed by atoms with Crippen molar-refractivity contribution in [2.75, 3.05) is 6.54 Å². The fourth-order valence-corrected chi connectivity index (χ4v) is 3.32. The second kappa shape index (κ2) is 4.83. The van der Waals surface area contributed by atoms with E-state index in [9.17, 15) is 19.1 Å². The van der Waals surface area contributed by atoms with Gasteiger partial charge in [0.1, 0.15) is 0 Å². The molecule has 2 unspecified atom stereocenters. The van der Waals surface area contributed by atoms with Crippen molar-refractivity contribution < 1.29 is 19.1 Å². The number of nitrogens with zero attached hydrogens (tertiary/aromatic N) is 1. The summed E-state index contributed by atoms with van der Waals surface area (Å²) in [6, 6.07) is 9.16. The highest BCUT2D eigenvalue weighted by atomic mass is 19.1. The Balaban J connectivity index is 1.83. The molecule has 0 radical (unpaired) electrons. The SMILES string of the molecule is C[C@@H](c1ccccc1)N1CC(C2(C(=O)O)CC2)C(F)C1=O. The van der Waals surface area contributed by atoms with Crippen LogP contribution in [0.2, 0.25) is 0 Å². The predicted octanol–water partition coefficient (Wildman–Crippen LogP) is 2.41. The molecule has 1 aromatic rings. The molecule has 0 spiro atoms. The lowest BCUT2D eigenvalue weighted by atomic mass is 9.87. The van der Waals surface area contributed by atoms with Gasteiger partial charge in [-0.05, 0) is 25.3 Å². The Kier molecular flexibility index (Phi) is 3.23. The maximum Gasteiger partial charge on any atom is 0.310 e. The molecule has 0 aromatic heterocycles. The Bertz CT molecular complexity index is 570. The van der Waals surface area contributed by atoms with E-state index in [2.05, 4.69) is 0 Å². The summed E-state index contributed by atoms with van der Waals surface area (Å²) < 4.78 is 14.3. The largest absolute Gasteiger partial charge is 0.481 e. The molecule has 1 aliphatic heterocycles. The van der Waals surface area contributed by atoms with Gasteiger partial charge in [0, 0.05) is 12.5 Å². The van der Waals surface area contributed by atoms with E-state index in [1.807, 2.05) is 37.3 Å². The molecule has 2 aliphatic rings. The van der Waals surface area contributed by atoms with Crippen LogP contribution in [0.4, 0.5) is 4.39 Å². The molecule has 1 saturated carbocycles. The number of carbonyl (C=O) groups is 2. The number of carbonyl (C=O) groups excluding carboxylic acids is 1. The fraction of sp³-hybridized carbons (Fsp3) is 0.500. The van der Waals surface area contributed by atoms with Gasteiger partial charge < -0.3 is 10.0 Å². The van der Waals surface area contributed by atoms with Gasteiger partial charge in [0.05, 0.1) is 11.5 Å². The maximum absolute atomic E-state index is 14.3. The van der Waals surface area contributed by atoms with E-state index >= 15 is 0 Å². The van der Waals surface area contributed by atoms with Gasteiger partial charge in [-0.2, -0.15) is 0 Å². The first-order valence-electron chi connectivity index (χ1n) is 7.20. The van der Waals surface area contributed by atoms with Crippen LogP contribution in [-0.4, -0.2) is 34.6 Å². The smallest absolute Gasteiger partial charge is 0.310 e. The van der Waals surface area contributed by atoms with Crippen molar-refractivity contribution in [3.05, 3.63) is 35.9 Å². The van der Waals surface area contributed by atoms with E-state index in [0.717, 1.165) is 5.56 Å². The fourth-order valence-electron chi connectivity index (χ4n) is 3.32. The monoisotopic (exact) mass is 291 g/mol. The molecule has 5 heteroatoms. The minimum Gasteiger partial charge on any atom is -0.481 e.